The molecule has 0 aliphatic carbocycles. The van der Waals surface area contributed by atoms with Crippen LogP contribution >= 0.6 is 11.8 Å². The van der Waals surface area contributed by atoms with Gasteiger partial charge in [0.15, 0.2) is 34.4 Å². The maximum atomic E-state index is 14.2. The molecule has 0 saturated heterocycles. The first-order valence-electron chi connectivity index (χ1n) is 11.9. The Morgan fingerprint density at radius 1 is 1.03 bits per heavy atom. The molecule has 3 aromatic carbocycles. The molecule has 2 atom stereocenters. The zero-order valence-corrected chi connectivity index (χ0v) is 21.5. The lowest BCUT2D eigenvalue weighted by Gasteiger charge is -2.18. The Morgan fingerprint density at radius 3 is 2.46 bits per heavy atom. The smallest absolute Gasteiger partial charge is 0.237 e. The summed E-state index contributed by atoms with van der Waals surface area (Å²) in [7, 11) is 0. The lowest BCUT2D eigenvalue weighted by molar-refractivity contribution is -0.115. The molecule has 37 heavy (non-hydrogen) atoms. The van der Waals surface area contributed by atoms with Crippen LogP contribution < -0.4 is 10.1 Å². The number of aromatic nitrogens is 3. The molecule has 9 heteroatoms. The number of ether oxygens (including phenoxy) is 1. The summed E-state index contributed by atoms with van der Waals surface area (Å²) in [5.41, 5.74) is 1.86. The van der Waals surface area contributed by atoms with Crippen LogP contribution in [0.15, 0.2) is 84.0 Å². The van der Waals surface area contributed by atoms with Gasteiger partial charge in [0.25, 0.3) is 0 Å². The minimum atomic E-state index is -0.623. The van der Waals surface area contributed by atoms with Gasteiger partial charge in [-0.2, -0.15) is 0 Å². The van der Waals surface area contributed by atoms with Gasteiger partial charge in [0, 0.05) is 16.9 Å². The van der Waals surface area contributed by atoms with Crippen LogP contribution in [0.1, 0.15) is 49.5 Å². The van der Waals surface area contributed by atoms with E-state index in [-0.39, 0.29) is 17.4 Å². The summed E-state index contributed by atoms with van der Waals surface area (Å²) >= 11 is 1.28. The monoisotopic (exact) mass is 518 g/mol. The summed E-state index contributed by atoms with van der Waals surface area (Å²) < 4.78 is 21.9. The van der Waals surface area contributed by atoms with Crippen molar-refractivity contribution in [1.82, 2.24) is 14.8 Å². The highest BCUT2D eigenvalue weighted by atomic mass is 32.2. The van der Waals surface area contributed by atoms with E-state index in [4.69, 9.17) is 4.74 Å². The molecule has 0 bridgehead atoms. The number of carbonyl (C=O) groups is 2. The lowest BCUT2D eigenvalue weighted by Crippen LogP contribution is -2.25. The largest absolute Gasteiger partial charge is 0.480 e. The van der Waals surface area contributed by atoms with Crippen LogP contribution in [0.4, 0.5) is 10.1 Å². The number of carbonyl (C=O) groups excluding carboxylic acids is 2. The number of anilines is 1. The predicted octanol–water partition coefficient (Wildman–Crippen LogP) is 6.26. The summed E-state index contributed by atoms with van der Waals surface area (Å²) in [6.07, 6.45) is -0.0941. The van der Waals surface area contributed by atoms with Crippen molar-refractivity contribution in [3.63, 3.8) is 0 Å². The number of amides is 1. The summed E-state index contributed by atoms with van der Waals surface area (Å²) in [6.45, 7) is 5.17. The first-order chi connectivity index (χ1) is 17.9. The molecule has 4 aromatic rings. The van der Waals surface area contributed by atoms with Crippen LogP contribution in [0, 0.1) is 5.82 Å². The molecular weight excluding hydrogens is 491 g/mol. The van der Waals surface area contributed by atoms with Crippen molar-refractivity contribution >= 4 is 29.1 Å². The number of nitrogens with one attached hydrogen (secondary N) is 1. The van der Waals surface area contributed by atoms with E-state index in [1.807, 2.05) is 41.8 Å². The third-order valence-corrected chi connectivity index (χ3v) is 6.93. The topological polar surface area (TPSA) is 86.1 Å². The molecule has 2 unspecified atom stereocenters. The van der Waals surface area contributed by atoms with E-state index in [1.54, 1.807) is 49.4 Å². The van der Waals surface area contributed by atoms with Crippen molar-refractivity contribution in [1.29, 1.82) is 0 Å². The second kappa shape index (κ2) is 11.8. The van der Waals surface area contributed by atoms with Crippen LogP contribution in [0.2, 0.25) is 0 Å². The molecular formula is C28H27FN4O3S. The number of nitrogens with zero attached hydrogens (tertiary/aromatic N) is 3. The third-order valence-electron chi connectivity index (χ3n) is 5.62. The molecule has 4 rings (SSSR count). The predicted molar refractivity (Wildman–Crippen MR) is 142 cm³/mol. The van der Waals surface area contributed by atoms with Gasteiger partial charge in [-0.25, -0.2) is 4.39 Å². The average Bonchev–Trinajstić information content (AvgIpc) is 3.33. The minimum absolute atomic E-state index is 0.0762. The zero-order valence-electron chi connectivity index (χ0n) is 20.7. The van der Waals surface area contributed by atoms with Gasteiger partial charge in [0.05, 0.1) is 5.25 Å². The Balaban J connectivity index is 1.61. The molecule has 1 aromatic heterocycles. The van der Waals surface area contributed by atoms with Crippen molar-refractivity contribution in [2.45, 2.75) is 43.7 Å². The van der Waals surface area contributed by atoms with Crippen LogP contribution in [-0.2, 0) is 4.79 Å². The maximum absolute atomic E-state index is 14.2. The number of rotatable bonds is 10. The summed E-state index contributed by atoms with van der Waals surface area (Å²) in [6, 6.07) is 22.5. The van der Waals surface area contributed by atoms with Crippen LogP contribution in [0.3, 0.4) is 0 Å². The van der Waals surface area contributed by atoms with Crippen LogP contribution in [-0.4, -0.2) is 31.7 Å². The van der Waals surface area contributed by atoms with Gasteiger partial charge < -0.3 is 10.1 Å². The first kappa shape index (κ1) is 26.1. The highest BCUT2D eigenvalue weighted by molar-refractivity contribution is 8.00. The highest BCUT2D eigenvalue weighted by Crippen LogP contribution is 2.32. The van der Waals surface area contributed by atoms with Crippen molar-refractivity contribution in [2.24, 2.45) is 0 Å². The van der Waals surface area contributed by atoms with Crippen molar-refractivity contribution in [3.05, 3.63) is 96.1 Å². The third kappa shape index (κ3) is 6.24. The zero-order chi connectivity index (χ0) is 26.4. The molecule has 0 aliphatic rings. The number of para-hydroxylation sites is 2. The van der Waals surface area contributed by atoms with Gasteiger partial charge in [0.2, 0.25) is 5.91 Å². The summed E-state index contributed by atoms with van der Waals surface area (Å²) in [4.78, 5) is 24.9. The van der Waals surface area contributed by atoms with E-state index in [2.05, 4.69) is 15.5 Å². The summed E-state index contributed by atoms with van der Waals surface area (Å²) in [5.74, 6) is -0.168. The molecule has 1 heterocycles. The fourth-order valence-electron chi connectivity index (χ4n) is 3.71. The number of ketones is 1. The van der Waals surface area contributed by atoms with E-state index in [1.165, 1.54) is 24.8 Å². The van der Waals surface area contributed by atoms with Gasteiger partial charge in [-0.1, -0.05) is 61.2 Å². The Hall–Kier alpha value is -3.98. The van der Waals surface area contributed by atoms with E-state index in [0.717, 1.165) is 5.69 Å². The fourth-order valence-corrected chi connectivity index (χ4v) is 4.69. The maximum Gasteiger partial charge on any atom is 0.237 e. The quantitative estimate of drug-likeness (QED) is 0.197. The van der Waals surface area contributed by atoms with Gasteiger partial charge in [-0.15, -0.1) is 10.2 Å². The lowest BCUT2D eigenvalue weighted by atomic mass is 10.1. The SMILES string of the molecule is CCC(Sc1nnc(C(C)Oc2ccccc2F)n1-c1ccccc1)C(=O)Nc1cccc(C(C)=O)c1. The van der Waals surface area contributed by atoms with E-state index in [0.29, 0.717) is 28.7 Å². The van der Waals surface area contributed by atoms with Gasteiger partial charge >= 0.3 is 0 Å². The minimum Gasteiger partial charge on any atom is -0.480 e. The van der Waals surface area contributed by atoms with Crippen molar-refractivity contribution in [3.8, 4) is 11.4 Å². The number of benzene rings is 3. The first-order valence-corrected chi connectivity index (χ1v) is 12.8. The number of Topliss-reactive ketones (excluding diaryl/α,β-unsaturated/α-hetero) is 1. The second-order valence-corrected chi connectivity index (χ2v) is 9.51. The molecule has 1 N–H and O–H groups in total. The molecule has 1 amide bonds. The molecule has 190 valence electrons. The Bertz CT molecular complexity index is 1390. The summed E-state index contributed by atoms with van der Waals surface area (Å²) in [5, 5.41) is 11.6. The average molecular weight is 519 g/mol. The van der Waals surface area contributed by atoms with E-state index >= 15 is 0 Å². The Morgan fingerprint density at radius 2 is 1.76 bits per heavy atom. The van der Waals surface area contributed by atoms with Gasteiger partial charge in [-0.05, 0) is 56.7 Å². The molecule has 0 spiro atoms. The van der Waals surface area contributed by atoms with E-state index in [9.17, 15) is 14.0 Å². The molecule has 0 fully saturated rings. The molecule has 0 radical (unpaired) electrons. The Labute approximate surface area is 219 Å². The second-order valence-electron chi connectivity index (χ2n) is 8.34. The molecule has 0 saturated carbocycles. The van der Waals surface area contributed by atoms with Crippen molar-refractivity contribution in [2.75, 3.05) is 5.32 Å². The standard InChI is InChI=1S/C28H27FN4O3S/c1-4-25(27(35)30-21-12-10-11-20(17-21)18(2)34)37-28-32-31-26(33(28)22-13-6-5-7-14-22)19(3)36-24-16-9-8-15-23(24)29/h5-17,19,25H,4H2,1-3H3,(H,30,35). The van der Waals surface area contributed by atoms with Gasteiger partial charge in [0.1, 0.15) is 0 Å². The molecule has 0 aliphatic heterocycles. The Kier molecular flexibility index (Phi) is 8.35. The van der Waals surface area contributed by atoms with Crippen LogP contribution in [0.25, 0.3) is 5.69 Å². The van der Waals surface area contributed by atoms with E-state index < -0.39 is 17.2 Å². The van der Waals surface area contributed by atoms with Gasteiger partial charge in [-0.3, -0.25) is 14.2 Å². The highest BCUT2D eigenvalue weighted by Gasteiger charge is 2.26. The normalized spacial score (nSPS) is 12.5. The molecule has 7 nitrogen and oxygen atoms in total. The number of hydrogen-bond donors (Lipinski definition) is 1. The van der Waals surface area contributed by atoms with Crippen molar-refractivity contribution < 1.29 is 18.7 Å². The number of hydrogen-bond acceptors (Lipinski definition) is 6. The fraction of sp³-hybridized carbons (Fsp3) is 0.214. The van der Waals surface area contributed by atoms with Crippen LogP contribution in [0.5, 0.6) is 5.75 Å². The number of halogens is 1. The number of thioether (sulfide) groups is 1.